The van der Waals surface area contributed by atoms with Gasteiger partial charge in [-0.15, -0.1) is 0 Å². The SMILES string of the molecule is COC(=O)NC1CCC(=O)N2CCCC(C(=O)NC(CC(=O)O)C(=O)COC(=O)c3c(C)cccc3C)N2C1=O. The first-order valence-electron chi connectivity index (χ1n) is 12.7. The molecule has 40 heavy (non-hydrogen) atoms. The molecule has 2 saturated heterocycles. The number of rotatable bonds is 9. The van der Waals surface area contributed by atoms with E-state index < -0.39 is 72.7 Å². The zero-order valence-electron chi connectivity index (χ0n) is 22.4. The van der Waals surface area contributed by atoms with Crippen LogP contribution >= 0.6 is 0 Å². The highest BCUT2D eigenvalue weighted by molar-refractivity contribution is 5.99. The van der Waals surface area contributed by atoms with Crippen LogP contribution in [0.5, 0.6) is 0 Å². The second-order valence-electron chi connectivity index (χ2n) is 9.55. The first-order valence-corrected chi connectivity index (χ1v) is 12.7. The fraction of sp³-hybridized carbons (Fsp3) is 0.500. The number of aliphatic carboxylic acids is 1. The van der Waals surface area contributed by atoms with Gasteiger partial charge in [0.25, 0.3) is 5.91 Å². The molecule has 3 rings (SSSR count). The van der Waals surface area contributed by atoms with Crippen molar-refractivity contribution in [2.75, 3.05) is 20.3 Å². The van der Waals surface area contributed by atoms with Gasteiger partial charge in [0.1, 0.15) is 18.1 Å². The van der Waals surface area contributed by atoms with Crippen molar-refractivity contribution in [3.8, 4) is 0 Å². The van der Waals surface area contributed by atoms with Crippen molar-refractivity contribution in [2.24, 2.45) is 0 Å². The maximum atomic E-state index is 13.3. The number of carboxylic acids is 1. The van der Waals surface area contributed by atoms with Crippen LogP contribution in [-0.2, 0) is 33.4 Å². The summed E-state index contributed by atoms with van der Waals surface area (Å²) in [4.78, 5) is 88.1. The Balaban J connectivity index is 1.76. The number of carboxylic acid groups (broad SMARTS) is 1. The molecule has 1 aromatic rings. The summed E-state index contributed by atoms with van der Waals surface area (Å²) in [6.07, 6.45) is -1.31. The first kappa shape index (κ1) is 30.1. The highest BCUT2D eigenvalue weighted by Gasteiger charge is 2.45. The number of hydrogen-bond donors (Lipinski definition) is 3. The molecule has 3 atom stereocenters. The van der Waals surface area contributed by atoms with Crippen molar-refractivity contribution in [3.63, 3.8) is 0 Å². The number of hydrazine groups is 1. The van der Waals surface area contributed by atoms with Gasteiger partial charge in [0.05, 0.1) is 19.1 Å². The van der Waals surface area contributed by atoms with Crippen LogP contribution in [0.3, 0.4) is 0 Å². The van der Waals surface area contributed by atoms with Gasteiger partial charge in [0.2, 0.25) is 11.8 Å². The molecule has 216 valence electrons. The third-order valence-electron chi connectivity index (χ3n) is 6.76. The lowest BCUT2D eigenvalue weighted by Gasteiger charge is -2.43. The molecule has 2 heterocycles. The number of ether oxygens (including phenoxy) is 2. The minimum absolute atomic E-state index is 0.0139. The summed E-state index contributed by atoms with van der Waals surface area (Å²) in [6, 6.07) is 1.18. The molecule has 3 unspecified atom stereocenters. The maximum absolute atomic E-state index is 13.3. The normalized spacial score (nSPS) is 19.6. The quantitative estimate of drug-likeness (QED) is 0.353. The van der Waals surface area contributed by atoms with E-state index in [1.54, 1.807) is 32.0 Å². The monoisotopic (exact) mass is 560 g/mol. The number of aryl methyl sites for hydroxylation is 2. The van der Waals surface area contributed by atoms with E-state index in [1.165, 1.54) is 0 Å². The molecular weight excluding hydrogens is 528 g/mol. The number of amides is 4. The molecule has 2 aliphatic heterocycles. The number of nitrogens with zero attached hydrogens (tertiary/aromatic N) is 2. The van der Waals surface area contributed by atoms with Gasteiger partial charge in [-0.3, -0.25) is 29.0 Å². The number of Topliss-reactive ketones (excluding diaryl/α,β-unsaturated/α-hetero) is 1. The van der Waals surface area contributed by atoms with E-state index in [-0.39, 0.29) is 31.4 Å². The number of hydrogen-bond acceptors (Lipinski definition) is 9. The Labute approximate surface area is 229 Å². The van der Waals surface area contributed by atoms with Gasteiger partial charge in [-0.1, -0.05) is 18.2 Å². The molecule has 14 nitrogen and oxygen atoms in total. The van der Waals surface area contributed by atoms with Crippen molar-refractivity contribution < 1.29 is 48.1 Å². The molecule has 0 spiro atoms. The summed E-state index contributed by atoms with van der Waals surface area (Å²) in [7, 11) is 1.12. The molecular formula is C26H32N4O10. The van der Waals surface area contributed by atoms with Crippen molar-refractivity contribution in [2.45, 2.75) is 64.1 Å². The van der Waals surface area contributed by atoms with E-state index in [2.05, 4.69) is 15.4 Å². The number of carbonyl (C=O) groups excluding carboxylic acids is 6. The summed E-state index contributed by atoms with van der Waals surface area (Å²) in [5, 5.41) is 16.2. The molecule has 2 aliphatic rings. The number of nitrogens with one attached hydrogen (secondary N) is 2. The molecule has 4 amide bonds. The molecule has 1 aromatic carbocycles. The van der Waals surface area contributed by atoms with Gasteiger partial charge < -0.3 is 25.2 Å². The second-order valence-corrected chi connectivity index (χ2v) is 9.55. The highest BCUT2D eigenvalue weighted by atomic mass is 16.5. The van der Waals surface area contributed by atoms with Crippen LogP contribution in [0.15, 0.2) is 18.2 Å². The fourth-order valence-corrected chi connectivity index (χ4v) is 4.74. The summed E-state index contributed by atoms with van der Waals surface area (Å²) in [5.41, 5.74) is 1.54. The standard InChI is InChI=1S/C26H32N4O10/c1-14-6-4-7-15(2)22(14)25(37)40-13-19(31)17(12-21(33)34)27-23(35)18-8-5-11-29-20(32)10-9-16(24(36)30(18)29)28-26(38)39-3/h4,6-7,16-18H,5,8-13H2,1-3H3,(H,27,35)(H,28,38)(H,33,34). The number of alkyl carbamates (subject to hydrolysis) is 1. The second kappa shape index (κ2) is 13.0. The summed E-state index contributed by atoms with van der Waals surface area (Å²) >= 11 is 0. The number of fused-ring (bicyclic) bond motifs is 1. The first-order chi connectivity index (χ1) is 18.9. The van der Waals surface area contributed by atoms with Gasteiger partial charge in [0, 0.05) is 13.0 Å². The molecule has 0 bridgehead atoms. The predicted octanol–water partition coefficient (Wildman–Crippen LogP) is 0.242. The van der Waals surface area contributed by atoms with Crippen molar-refractivity contribution in [3.05, 3.63) is 34.9 Å². The lowest BCUT2D eigenvalue weighted by Crippen LogP contribution is -2.64. The minimum atomic E-state index is -1.58. The van der Waals surface area contributed by atoms with Crippen LogP contribution in [0.25, 0.3) is 0 Å². The Morgan fingerprint density at radius 1 is 1.10 bits per heavy atom. The van der Waals surface area contributed by atoms with E-state index in [0.29, 0.717) is 17.5 Å². The smallest absolute Gasteiger partial charge is 0.407 e. The van der Waals surface area contributed by atoms with Crippen LogP contribution in [0.4, 0.5) is 4.79 Å². The topological polar surface area (TPSA) is 189 Å². The average molecular weight is 561 g/mol. The number of esters is 1. The number of benzene rings is 1. The van der Waals surface area contributed by atoms with Gasteiger partial charge in [-0.05, 0) is 44.2 Å². The van der Waals surface area contributed by atoms with Crippen LogP contribution in [0.2, 0.25) is 0 Å². The van der Waals surface area contributed by atoms with Gasteiger partial charge >= 0.3 is 18.0 Å². The van der Waals surface area contributed by atoms with E-state index >= 15 is 0 Å². The van der Waals surface area contributed by atoms with Gasteiger partial charge in [-0.25, -0.2) is 14.6 Å². The minimum Gasteiger partial charge on any atom is -0.481 e. The zero-order chi connectivity index (χ0) is 29.6. The van der Waals surface area contributed by atoms with E-state index in [9.17, 15) is 38.7 Å². The van der Waals surface area contributed by atoms with Gasteiger partial charge in [0.15, 0.2) is 12.4 Å². The van der Waals surface area contributed by atoms with Crippen LogP contribution in [0, 0.1) is 13.8 Å². The Morgan fingerprint density at radius 3 is 2.40 bits per heavy atom. The average Bonchev–Trinajstić information content (AvgIpc) is 3.02. The molecule has 3 N–H and O–H groups in total. The number of ketones is 1. The summed E-state index contributed by atoms with van der Waals surface area (Å²) in [5.74, 6) is -5.06. The largest absolute Gasteiger partial charge is 0.481 e. The molecule has 0 aliphatic carbocycles. The lowest BCUT2D eigenvalue weighted by molar-refractivity contribution is -0.176. The number of methoxy groups -OCH3 is 1. The molecule has 14 heteroatoms. The third kappa shape index (κ3) is 6.93. The molecule has 0 radical (unpaired) electrons. The molecule has 0 aromatic heterocycles. The number of carbonyl (C=O) groups is 7. The summed E-state index contributed by atoms with van der Waals surface area (Å²) < 4.78 is 9.68. The van der Waals surface area contributed by atoms with Crippen LogP contribution < -0.4 is 10.6 Å². The molecule has 2 fully saturated rings. The van der Waals surface area contributed by atoms with Crippen LogP contribution in [-0.4, -0.2) is 95.0 Å². The van der Waals surface area contributed by atoms with E-state index in [4.69, 9.17) is 4.74 Å². The van der Waals surface area contributed by atoms with Crippen molar-refractivity contribution in [1.82, 2.24) is 20.7 Å². The van der Waals surface area contributed by atoms with Crippen LogP contribution in [0.1, 0.15) is 53.6 Å². The van der Waals surface area contributed by atoms with Crippen molar-refractivity contribution in [1.29, 1.82) is 0 Å². The third-order valence-corrected chi connectivity index (χ3v) is 6.76. The maximum Gasteiger partial charge on any atom is 0.407 e. The van der Waals surface area contributed by atoms with Gasteiger partial charge in [-0.2, -0.15) is 0 Å². The highest BCUT2D eigenvalue weighted by Crippen LogP contribution is 2.25. The Morgan fingerprint density at radius 2 is 1.77 bits per heavy atom. The van der Waals surface area contributed by atoms with E-state index in [1.807, 2.05) is 0 Å². The Bertz CT molecular complexity index is 1200. The molecule has 0 saturated carbocycles. The zero-order valence-corrected chi connectivity index (χ0v) is 22.4. The Hall–Kier alpha value is -4.49. The Kier molecular flexibility index (Phi) is 9.80. The van der Waals surface area contributed by atoms with Crippen molar-refractivity contribution >= 4 is 41.5 Å². The predicted molar refractivity (Wildman–Crippen MR) is 136 cm³/mol. The fourth-order valence-electron chi connectivity index (χ4n) is 4.74. The lowest BCUT2D eigenvalue weighted by atomic mass is 10.0. The summed E-state index contributed by atoms with van der Waals surface area (Å²) in [6.45, 7) is 2.76. The van der Waals surface area contributed by atoms with E-state index in [0.717, 1.165) is 17.1 Å².